The average molecular weight is 483 g/mol. The fraction of sp³-hybridized carbons (Fsp3) is 0.727. The molecule has 3 rings (SSSR count). The summed E-state index contributed by atoms with van der Waals surface area (Å²) in [6.45, 7) is 9.83. The van der Waals surface area contributed by atoms with Crippen molar-refractivity contribution in [1.82, 2.24) is 25.1 Å². The van der Waals surface area contributed by atoms with Gasteiger partial charge in [-0.15, -0.1) is 0 Å². The van der Waals surface area contributed by atoms with Gasteiger partial charge in [0.1, 0.15) is 11.0 Å². The molecule has 0 radical (unpaired) electrons. The molecule has 0 aromatic carbocycles. The van der Waals surface area contributed by atoms with Gasteiger partial charge in [0.05, 0.1) is 5.75 Å². The summed E-state index contributed by atoms with van der Waals surface area (Å²) in [5.41, 5.74) is 0. The van der Waals surface area contributed by atoms with E-state index in [1.165, 1.54) is 37.6 Å². The van der Waals surface area contributed by atoms with Gasteiger partial charge >= 0.3 is 0 Å². The third-order valence-electron chi connectivity index (χ3n) is 6.14. The molecule has 1 N–H and O–H groups in total. The monoisotopic (exact) mass is 482 g/mol. The number of nitrogens with one attached hydrogen (secondary N) is 1. The van der Waals surface area contributed by atoms with Crippen LogP contribution in [0.2, 0.25) is 5.15 Å². The molecular weight excluding hydrogens is 448 g/mol. The molecule has 1 aromatic heterocycles. The number of piperazine rings is 1. The molecule has 8 nitrogen and oxygen atoms in total. The van der Waals surface area contributed by atoms with Crippen molar-refractivity contribution in [2.45, 2.75) is 57.1 Å². The van der Waals surface area contributed by atoms with Crippen molar-refractivity contribution in [3.8, 4) is 0 Å². The van der Waals surface area contributed by atoms with Crippen molar-refractivity contribution in [1.29, 1.82) is 0 Å². The molecule has 1 aromatic rings. The van der Waals surface area contributed by atoms with Gasteiger partial charge in [0.25, 0.3) is 0 Å². The SMILES string of the molecule is CCC(=O)N1CCN(c2cc(Cl)nc(SCC(=O)NCCCN3CCCCC3C)n2)CC1. The van der Waals surface area contributed by atoms with Gasteiger partial charge in [0.2, 0.25) is 11.8 Å². The van der Waals surface area contributed by atoms with Crippen LogP contribution < -0.4 is 10.2 Å². The second-order valence-corrected chi connectivity index (χ2v) is 9.76. The highest BCUT2D eigenvalue weighted by atomic mass is 35.5. The van der Waals surface area contributed by atoms with Crippen LogP contribution in [0.5, 0.6) is 0 Å². The number of nitrogens with zero attached hydrogens (tertiary/aromatic N) is 5. The van der Waals surface area contributed by atoms with Crippen molar-refractivity contribution >= 4 is 41.0 Å². The predicted molar refractivity (Wildman–Crippen MR) is 129 cm³/mol. The number of carbonyl (C=O) groups is 2. The minimum absolute atomic E-state index is 0.0153. The Balaban J connectivity index is 1.40. The summed E-state index contributed by atoms with van der Waals surface area (Å²) in [6, 6.07) is 2.39. The summed E-state index contributed by atoms with van der Waals surface area (Å²) >= 11 is 7.51. The van der Waals surface area contributed by atoms with Gasteiger partial charge in [-0.05, 0) is 32.7 Å². The third-order valence-corrected chi connectivity index (χ3v) is 7.18. The van der Waals surface area contributed by atoms with Gasteiger partial charge in [-0.25, -0.2) is 9.97 Å². The molecule has 2 aliphatic heterocycles. The van der Waals surface area contributed by atoms with Crippen LogP contribution in [-0.2, 0) is 9.59 Å². The lowest BCUT2D eigenvalue weighted by atomic mass is 10.0. The lowest BCUT2D eigenvalue weighted by Gasteiger charge is -2.35. The van der Waals surface area contributed by atoms with E-state index in [2.05, 4.69) is 32.0 Å². The van der Waals surface area contributed by atoms with Crippen molar-refractivity contribution in [3.63, 3.8) is 0 Å². The second-order valence-electron chi connectivity index (χ2n) is 8.43. The smallest absolute Gasteiger partial charge is 0.230 e. The summed E-state index contributed by atoms with van der Waals surface area (Å²) in [6.07, 6.45) is 5.37. The maximum absolute atomic E-state index is 12.2. The number of likely N-dealkylation sites (tertiary alicyclic amines) is 1. The number of piperidine rings is 1. The largest absolute Gasteiger partial charge is 0.355 e. The highest BCUT2D eigenvalue weighted by Gasteiger charge is 2.22. The number of carbonyl (C=O) groups excluding carboxylic acids is 2. The van der Waals surface area contributed by atoms with Crippen LogP contribution in [0.3, 0.4) is 0 Å². The number of hydrogen-bond donors (Lipinski definition) is 1. The molecule has 0 saturated carbocycles. The first-order valence-corrected chi connectivity index (χ1v) is 13.0. The van der Waals surface area contributed by atoms with Crippen LogP contribution in [0.25, 0.3) is 0 Å². The van der Waals surface area contributed by atoms with Crippen LogP contribution >= 0.6 is 23.4 Å². The van der Waals surface area contributed by atoms with Crippen LogP contribution in [-0.4, -0.2) is 89.2 Å². The number of halogens is 1. The maximum atomic E-state index is 12.2. The van der Waals surface area contributed by atoms with Gasteiger partial charge in [-0.1, -0.05) is 36.7 Å². The Morgan fingerprint density at radius 1 is 1.19 bits per heavy atom. The second kappa shape index (κ2) is 12.6. The first kappa shape index (κ1) is 25.1. The van der Waals surface area contributed by atoms with Crippen LogP contribution in [0.15, 0.2) is 11.2 Å². The summed E-state index contributed by atoms with van der Waals surface area (Å²) < 4.78 is 0. The van der Waals surface area contributed by atoms with Crippen LogP contribution in [0, 0.1) is 0 Å². The molecule has 2 fully saturated rings. The Morgan fingerprint density at radius 3 is 2.69 bits per heavy atom. The van der Waals surface area contributed by atoms with Gasteiger partial charge in [-0.3, -0.25) is 9.59 Å². The van der Waals surface area contributed by atoms with Gasteiger partial charge < -0.3 is 20.0 Å². The van der Waals surface area contributed by atoms with Crippen LogP contribution in [0.1, 0.15) is 46.0 Å². The Hall–Kier alpha value is -1.58. The Morgan fingerprint density at radius 2 is 1.97 bits per heavy atom. The van der Waals surface area contributed by atoms with E-state index in [-0.39, 0.29) is 17.6 Å². The Labute approximate surface area is 200 Å². The lowest BCUT2D eigenvalue weighted by molar-refractivity contribution is -0.131. The zero-order chi connectivity index (χ0) is 22.9. The molecular formula is C22H35ClN6O2S. The molecule has 32 heavy (non-hydrogen) atoms. The van der Waals surface area contributed by atoms with Gasteiger partial charge in [-0.2, -0.15) is 0 Å². The molecule has 0 spiro atoms. The standard InChI is InChI=1S/C22H35ClN6O2S/c1-3-21(31)29-13-11-28(12-14-29)19-15-18(23)25-22(26-19)32-16-20(30)24-8-6-10-27-9-5-4-7-17(27)2/h15,17H,3-14,16H2,1-2H3,(H,24,30). The van der Waals surface area contributed by atoms with Crippen LogP contribution in [0.4, 0.5) is 5.82 Å². The predicted octanol–water partition coefficient (Wildman–Crippen LogP) is 2.66. The fourth-order valence-electron chi connectivity index (χ4n) is 4.20. The first-order chi connectivity index (χ1) is 15.5. The van der Waals surface area contributed by atoms with E-state index >= 15 is 0 Å². The third kappa shape index (κ3) is 7.49. The number of amides is 2. The van der Waals surface area contributed by atoms with E-state index in [0.29, 0.717) is 55.5 Å². The fourth-order valence-corrected chi connectivity index (χ4v) is 5.11. The van der Waals surface area contributed by atoms with E-state index in [9.17, 15) is 9.59 Å². The molecule has 178 valence electrons. The highest BCUT2D eigenvalue weighted by molar-refractivity contribution is 7.99. The Kier molecular flexibility index (Phi) is 9.87. The zero-order valence-electron chi connectivity index (χ0n) is 19.2. The van der Waals surface area contributed by atoms with E-state index in [0.717, 1.165) is 18.8 Å². The van der Waals surface area contributed by atoms with E-state index in [4.69, 9.17) is 11.6 Å². The minimum Gasteiger partial charge on any atom is -0.355 e. The van der Waals surface area contributed by atoms with Crippen molar-refractivity contribution < 1.29 is 9.59 Å². The summed E-state index contributed by atoms with van der Waals surface area (Å²) in [4.78, 5) is 39.5. The highest BCUT2D eigenvalue weighted by Crippen LogP contribution is 2.23. The topological polar surface area (TPSA) is 81.7 Å². The molecule has 0 bridgehead atoms. The molecule has 3 heterocycles. The normalized spacial score (nSPS) is 19.8. The molecule has 1 atom stereocenters. The van der Waals surface area contributed by atoms with E-state index in [1.54, 1.807) is 6.07 Å². The number of rotatable bonds is 9. The van der Waals surface area contributed by atoms with Crippen molar-refractivity contribution in [2.24, 2.45) is 0 Å². The van der Waals surface area contributed by atoms with E-state index < -0.39 is 0 Å². The Bertz CT molecular complexity index is 775. The molecule has 2 amide bonds. The quantitative estimate of drug-likeness (QED) is 0.251. The number of hydrogen-bond acceptors (Lipinski definition) is 7. The molecule has 0 aliphatic carbocycles. The summed E-state index contributed by atoms with van der Waals surface area (Å²) in [5.74, 6) is 1.17. The van der Waals surface area contributed by atoms with Crippen molar-refractivity contribution in [3.05, 3.63) is 11.2 Å². The zero-order valence-corrected chi connectivity index (χ0v) is 20.8. The summed E-state index contributed by atoms with van der Waals surface area (Å²) in [5, 5.41) is 3.86. The number of anilines is 1. The van der Waals surface area contributed by atoms with Gasteiger partial charge in [0, 0.05) is 57.8 Å². The van der Waals surface area contributed by atoms with Gasteiger partial charge in [0.15, 0.2) is 5.16 Å². The molecule has 2 saturated heterocycles. The first-order valence-electron chi connectivity index (χ1n) is 11.7. The summed E-state index contributed by atoms with van der Waals surface area (Å²) in [7, 11) is 0. The number of thioether (sulfide) groups is 1. The average Bonchev–Trinajstić information content (AvgIpc) is 2.81. The number of aromatic nitrogens is 2. The molecule has 2 aliphatic rings. The lowest BCUT2D eigenvalue weighted by Crippen LogP contribution is -2.48. The molecule has 1 unspecified atom stereocenters. The van der Waals surface area contributed by atoms with E-state index in [1.807, 2.05) is 11.8 Å². The van der Waals surface area contributed by atoms with Crippen molar-refractivity contribution in [2.75, 3.05) is 56.5 Å². The maximum Gasteiger partial charge on any atom is 0.230 e. The molecule has 10 heteroatoms. The minimum atomic E-state index is -0.0153.